The van der Waals surface area contributed by atoms with E-state index in [1.54, 1.807) is 0 Å². The number of likely N-dealkylation sites (tertiary alicyclic amines) is 1. The maximum absolute atomic E-state index is 4.32. The largest absolute Gasteiger partial charge is 0.356 e. The first-order chi connectivity index (χ1) is 8.81. The quantitative estimate of drug-likeness (QED) is 0.574. The Morgan fingerprint density at radius 2 is 1.94 bits per heavy atom. The Labute approximate surface area is 111 Å². The van der Waals surface area contributed by atoms with Gasteiger partial charge in [0.05, 0.1) is 0 Å². The smallest absolute Gasteiger partial charge is 0.191 e. The number of rotatable bonds is 5. The van der Waals surface area contributed by atoms with Crippen LogP contribution in [0.4, 0.5) is 0 Å². The third-order valence-electron chi connectivity index (χ3n) is 3.95. The molecule has 4 nitrogen and oxygen atoms in total. The molecule has 0 atom stereocenters. The fraction of sp³-hybridized carbons (Fsp3) is 0.929. The molecule has 0 spiro atoms. The molecule has 0 bridgehead atoms. The van der Waals surface area contributed by atoms with Gasteiger partial charge in [0.25, 0.3) is 0 Å². The van der Waals surface area contributed by atoms with E-state index in [1.165, 1.54) is 51.7 Å². The lowest BCUT2D eigenvalue weighted by molar-refractivity contribution is 0.206. The minimum atomic E-state index is 0.600. The Balaban J connectivity index is 1.65. The molecule has 1 heterocycles. The van der Waals surface area contributed by atoms with Crippen LogP contribution in [0, 0.1) is 5.92 Å². The first kappa shape index (κ1) is 13.7. The molecule has 0 radical (unpaired) electrons. The van der Waals surface area contributed by atoms with E-state index < -0.39 is 0 Å². The summed E-state index contributed by atoms with van der Waals surface area (Å²) in [5.41, 5.74) is 0. The summed E-state index contributed by atoms with van der Waals surface area (Å²) in [6.07, 6.45) is 6.52. The molecular weight excluding hydrogens is 224 g/mol. The average molecular weight is 252 g/mol. The number of hydrogen-bond donors (Lipinski definition) is 2. The van der Waals surface area contributed by atoms with E-state index in [2.05, 4.69) is 27.4 Å². The molecule has 1 saturated heterocycles. The highest BCUT2D eigenvalue weighted by Gasteiger charge is 2.22. The third kappa shape index (κ3) is 4.48. The Hall–Kier alpha value is -0.770. The van der Waals surface area contributed by atoms with Crippen molar-refractivity contribution >= 4 is 5.96 Å². The van der Waals surface area contributed by atoms with E-state index in [0.717, 1.165) is 18.4 Å². The molecular formula is C14H28N4. The molecule has 0 aromatic rings. The predicted octanol–water partition coefficient (Wildman–Crippen LogP) is 1.44. The van der Waals surface area contributed by atoms with E-state index in [1.807, 2.05) is 7.05 Å². The predicted molar refractivity (Wildman–Crippen MR) is 77.0 cm³/mol. The summed E-state index contributed by atoms with van der Waals surface area (Å²) in [5, 5.41) is 7.00. The van der Waals surface area contributed by atoms with Crippen molar-refractivity contribution in [2.45, 2.75) is 45.1 Å². The van der Waals surface area contributed by atoms with Crippen LogP contribution >= 0.6 is 0 Å². The van der Waals surface area contributed by atoms with Gasteiger partial charge in [-0.15, -0.1) is 0 Å². The highest BCUT2D eigenvalue weighted by atomic mass is 15.2. The number of piperidine rings is 1. The highest BCUT2D eigenvalue weighted by Crippen LogP contribution is 2.27. The number of hydrogen-bond acceptors (Lipinski definition) is 2. The van der Waals surface area contributed by atoms with Gasteiger partial charge in [-0.2, -0.15) is 0 Å². The summed E-state index contributed by atoms with van der Waals surface area (Å²) in [6.45, 7) is 7.06. The molecule has 18 heavy (non-hydrogen) atoms. The molecule has 0 amide bonds. The monoisotopic (exact) mass is 252 g/mol. The van der Waals surface area contributed by atoms with Crippen molar-refractivity contribution in [3.05, 3.63) is 0 Å². The van der Waals surface area contributed by atoms with E-state index in [0.29, 0.717) is 6.04 Å². The lowest BCUT2D eigenvalue weighted by Crippen LogP contribution is -2.49. The highest BCUT2D eigenvalue weighted by molar-refractivity contribution is 5.80. The maximum atomic E-state index is 4.32. The van der Waals surface area contributed by atoms with Crippen molar-refractivity contribution in [2.75, 3.05) is 33.2 Å². The van der Waals surface area contributed by atoms with Crippen molar-refractivity contribution in [1.29, 1.82) is 0 Å². The van der Waals surface area contributed by atoms with Crippen LogP contribution < -0.4 is 10.6 Å². The molecule has 2 rings (SSSR count). The lowest BCUT2D eigenvalue weighted by Gasteiger charge is -2.32. The SMILES string of the molecule is CCCN1CCC(NC(=NC)NCC2CC2)CC1. The van der Waals surface area contributed by atoms with Gasteiger partial charge in [0.15, 0.2) is 5.96 Å². The summed E-state index contributed by atoms with van der Waals surface area (Å²) in [4.78, 5) is 6.89. The summed E-state index contributed by atoms with van der Waals surface area (Å²) in [5.74, 6) is 1.89. The van der Waals surface area contributed by atoms with Crippen LogP contribution in [0.25, 0.3) is 0 Å². The van der Waals surface area contributed by atoms with Crippen molar-refractivity contribution in [3.8, 4) is 0 Å². The molecule has 1 aliphatic heterocycles. The van der Waals surface area contributed by atoms with Gasteiger partial charge in [0, 0.05) is 32.7 Å². The first-order valence-electron chi connectivity index (χ1n) is 7.51. The Morgan fingerprint density at radius 1 is 1.22 bits per heavy atom. The van der Waals surface area contributed by atoms with Gasteiger partial charge in [-0.3, -0.25) is 4.99 Å². The van der Waals surface area contributed by atoms with Crippen LogP contribution in [-0.2, 0) is 0 Å². The van der Waals surface area contributed by atoms with Crippen LogP contribution in [0.1, 0.15) is 39.0 Å². The molecule has 2 N–H and O–H groups in total. The Kier molecular flexibility index (Phi) is 5.29. The van der Waals surface area contributed by atoms with Crippen molar-refractivity contribution in [2.24, 2.45) is 10.9 Å². The first-order valence-corrected chi connectivity index (χ1v) is 7.51. The second kappa shape index (κ2) is 6.98. The summed E-state index contributed by atoms with van der Waals surface area (Å²) >= 11 is 0. The summed E-state index contributed by atoms with van der Waals surface area (Å²) < 4.78 is 0. The molecule has 0 aromatic heterocycles. The van der Waals surface area contributed by atoms with Crippen LogP contribution in [0.5, 0.6) is 0 Å². The topological polar surface area (TPSA) is 39.7 Å². The third-order valence-corrected chi connectivity index (χ3v) is 3.95. The van der Waals surface area contributed by atoms with Crippen LogP contribution in [-0.4, -0.2) is 50.1 Å². The number of nitrogens with one attached hydrogen (secondary N) is 2. The van der Waals surface area contributed by atoms with Crippen molar-refractivity contribution < 1.29 is 0 Å². The van der Waals surface area contributed by atoms with Crippen molar-refractivity contribution in [1.82, 2.24) is 15.5 Å². The summed E-state index contributed by atoms with van der Waals surface area (Å²) in [7, 11) is 1.87. The molecule has 104 valence electrons. The molecule has 2 fully saturated rings. The zero-order valence-corrected chi connectivity index (χ0v) is 11.9. The molecule has 1 aliphatic carbocycles. The number of nitrogens with zero attached hydrogens (tertiary/aromatic N) is 2. The molecule has 1 saturated carbocycles. The van der Waals surface area contributed by atoms with E-state index in [-0.39, 0.29) is 0 Å². The number of guanidine groups is 1. The molecule has 0 aromatic carbocycles. The summed E-state index contributed by atoms with van der Waals surface area (Å²) in [6, 6.07) is 0.600. The zero-order valence-electron chi connectivity index (χ0n) is 11.9. The molecule has 0 unspecified atom stereocenters. The normalized spacial score (nSPS) is 23.1. The Bertz CT molecular complexity index is 265. The second-order valence-corrected chi connectivity index (χ2v) is 5.66. The van der Waals surface area contributed by atoms with Gasteiger partial charge in [0.2, 0.25) is 0 Å². The van der Waals surface area contributed by atoms with E-state index in [4.69, 9.17) is 0 Å². The average Bonchev–Trinajstić information content (AvgIpc) is 3.21. The van der Waals surface area contributed by atoms with Gasteiger partial charge in [-0.1, -0.05) is 6.92 Å². The molecule has 4 heteroatoms. The van der Waals surface area contributed by atoms with Crippen LogP contribution in [0.3, 0.4) is 0 Å². The Morgan fingerprint density at radius 3 is 2.50 bits per heavy atom. The van der Waals surface area contributed by atoms with E-state index >= 15 is 0 Å². The van der Waals surface area contributed by atoms with Gasteiger partial charge >= 0.3 is 0 Å². The fourth-order valence-corrected chi connectivity index (χ4v) is 2.57. The van der Waals surface area contributed by atoms with Crippen LogP contribution in [0.2, 0.25) is 0 Å². The fourth-order valence-electron chi connectivity index (χ4n) is 2.57. The van der Waals surface area contributed by atoms with Crippen molar-refractivity contribution in [3.63, 3.8) is 0 Å². The number of aliphatic imine (C=N–C) groups is 1. The lowest BCUT2D eigenvalue weighted by atomic mass is 10.1. The minimum Gasteiger partial charge on any atom is -0.356 e. The van der Waals surface area contributed by atoms with Gasteiger partial charge in [-0.05, 0) is 44.6 Å². The maximum Gasteiger partial charge on any atom is 0.191 e. The standard InChI is InChI=1S/C14H28N4/c1-3-8-18-9-6-13(7-10-18)17-14(15-2)16-11-12-4-5-12/h12-13H,3-11H2,1-2H3,(H2,15,16,17). The van der Waals surface area contributed by atoms with Gasteiger partial charge in [0.1, 0.15) is 0 Å². The van der Waals surface area contributed by atoms with Crippen LogP contribution in [0.15, 0.2) is 4.99 Å². The van der Waals surface area contributed by atoms with Gasteiger partial charge < -0.3 is 15.5 Å². The van der Waals surface area contributed by atoms with E-state index in [9.17, 15) is 0 Å². The van der Waals surface area contributed by atoms with Gasteiger partial charge in [-0.25, -0.2) is 0 Å². The minimum absolute atomic E-state index is 0.600. The zero-order chi connectivity index (χ0) is 12.8. The molecule has 2 aliphatic rings. The second-order valence-electron chi connectivity index (χ2n) is 5.66.